The van der Waals surface area contributed by atoms with Crippen molar-refractivity contribution in [3.05, 3.63) is 74.9 Å². The molecule has 0 radical (unpaired) electrons. The minimum atomic E-state index is -0.500. The number of H-pyrrole nitrogens is 1. The van der Waals surface area contributed by atoms with Crippen molar-refractivity contribution >= 4 is 16.9 Å². The summed E-state index contributed by atoms with van der Waals surface area (Å²) < 4.78 is 6.20. The van der Waals surface area contributed by atoms with Gasteiger partial charge in [0.05, 0.1) is 16.6 Å². The summed E-state index contributed by atoms with van der Waals surface area (Å²) in [5.41, 5.74) is 0.850. The Morgan fingerprint density at radius 3 is 2.42 bits per heavy atom. The van der Waals surface area contributed by atoms with Crippen LogP contribution < -0.4 is 11.2 Å². The van der Waals surface area contributed by atoms with Crippen molar-refractivity contribution in [2.45, 2.75) is 20.0 Å². The molecule has 3 aromatic rings. The number of ether oxygens (including phenoxy) is 1. The van der Waals surface area contributed by atoms with Crippen LogP contribution in [0.3, 0.4) is 0 Å². The summed E-state index contributed by atoms with van der Waals surface area (Å²) in [7, 11) is 0. The summed E-state index contributed by atoms with van der Waals surface area (Å²) in [5, 5.41) is 0.439. The van der Waals surface area contributed by atoms with Gasteiger partial charge in [0, 0.05) is 6.92 Å². The van der Waals surface area contributed by atoms with Crippen molar-refractivity contribution in [2.75, 3.05) is 0 Å². The molecule has 0 saturated carbocycles. The van der Waals surface area contributed by atoms with Gasteiger partial charge in [0.2, 0.25) is 0 Å². The quantitative estimate of drug-likeness (QED) is 0.750. The fourth-order valence-electron chi connectivity index (χ4n) is 2.61. The number of fused-ring (bicyclic) bond motifs is 1. The molecule has 0 saturated heterocycles. The van der Waals surface area contributed by atoms with E-state index in [4.69, 9.17) is 4.74 Å². The van der Waals surface area contributed by atoms with Crippen LogP contribution in [0.1, 0.15) is 25.5 Å². The van der Waals surface area contributed by atoms with E-state index in [-0.39, 0.29) is 11.5 Å². The molecule has 0 fully saturated rings. The Balaban J connectivity index is 2.07. The molecular weight excluding hydrogens is 308 g/mol. The van der Waals surface area contributed by atoms with Gasteiger partial charge < -0.3 is 9.72 Å². The van der Waals surface area contributed by atoms with E-state index in [0.29, 0.717) is 16.6 Å². The Kier molecular flexibility index (Phi) is 4.04. The molecular formula is C18H16N2O4. The summed E-state index contributed by atoms with van der Waals surface area (Å²) in [6.07, 6.45) is -0.400. The van der Waals surface area contributed by atoms with E-state index >= 15 is 0 Å². The molecule has 0 amide bonds. The summed E-state index contributed by atoms with van der Waals surface area (Å²) in [6.45, 7) is 3.10. The fraction of sp³-hybridized carbons (Fsp3) is 0.167. The molecule has 0 spiro atoms. The standard InChI is InChI=1S/C18H16N2O4/c1-11(24-12(2)21)13-7-9-14(10-8-13)20-17(22)15-5-3-4-6-16(15)19-18(20)23/h3-11H,1-2H3,(H,19,23). The van der Waals surface area contributed by atoms with E-state index in [1.165, 1.54) is 6.92 Å². The average molecular weight is 324 g/mol. The van der Waals surface area contributed by atoms with Crippen LogP contribution in [0.2, 0.25) is 0 Å². The molecule has 6 heteroatoms. The number of benzene rings is 2. The second-order valence-electron chi connectivity index (χ2n) is 5.46. The van der Waals surface area contributed by atoms with Crippen molar-refractivity contribution in [3.8, 4) is 5.69 Å². The Hall–Kier alpha value is -3.15. The first-order valence-corrected chi connectivity index (χ1v) is 7.49. The van der Waals surface area contributed by atoms with Gasteiger partial charge in [0.25, 0.3) is 5.56 Å². The fourth-order valence-corrected chi connectivity index (χ4v) is 2.61. The topological polar surface area (TPSA) is 81.2 Å². The molecule has 1 unspecified atom stereocenters. The van der Waals surface area contributed by atoms with Crippen LogP contribution >= 0.6 is 0 Å². The molecule has 6 nitrogen and oxygen atoms in total. The largest absolute Gasteiger partial charge is 0.458 e. The van der Waals surface area contributed by atoms with Gasteiger partial charge in [0.1, 0.15) is 6.10 Å². The monoisotopic (exact) mass is 324 g/mol. The maximum absolute atomic E-state index is 12.6. The summed E-state index contributed by atoms with van der Waals surface area (Å²) >= 11 is 0. The number of carbonyl (C=O) groups excluding carboxylic acids is 1. The molecule has 0 bridgehead atoms. The molecule has 0 aliphatic carbocycles. The van der Waals surface area contributed by atoms with Crippen LogP contribution in [0.4, 0.5) is 0 Å². The SMILES string of the molecule is CC(=O)OC(C)c1ccc(-n2c(=O)[nH]c3ccccc3c2=O)cc1. The van der Waals surface area contributed by atoms with Crippen LogP contribution in [0, 0.1) is 0 Å². The molecule has 1 heterocycles. The number of nitrogens with zero attached hydrogens (tertiary/aromatic N) is 1. The third-order valence-electron chi connectivity index (χ3n) is 3.77. The van der Waals surface area contributed by atoms with Crippen LogP contribution in [0.15, 0.2) is 58.1 Å². The van der Waals surface area contributed by atoms with E-state index in [9.17, 15) is 14.4 Å². The molecule has 1 N–H and O–H groups in total. The molecule has 1 aromatic heterocycles. The van der Waals surface area contributed by atoms with Crippen LogP contribution in [0.5, 0.6) is 0 Å². The number of rotatable bonds is 3. The molecule has 122 valence electrons. The lowest BCUT2D eigenvalue weighted by molar-refractivity contribution is -0.145. The molecule has 3 rings (SSSR count). The van der Waals surface area contributed by atoms with E-state index in [2.05, 4.69) is 4.98 Å². The number of para-hydroxylation sites is 1. The number of hydrogen-bond acceptors (Lipinski definition) is 4. The maximum atomic E-state index is 12.6. The number of aromatic amines is 1. The van der Waals surface area contributed by atoms with Gasteiger partial charge in [-0.25, -0.2) is 9.36 Å². The minimum absolute atomic E-state index is 0.367. The van der Waals surface area contributed by atoms with Crippen molar-refractivity contribution < 1.29 is 9.53 Å². The van der Waals surface area contributed by atoms with Gasteiger partial charge >= 0.3 is 11.7 Å². The van der Waals surface area contributed by atoms with Gasteiger partial charge in [-0.1, -0.05) is 24.3 Å². The highest BCUT2D eigenvalue weighted by molar-refractivity contribution is 5.77. The molecule has 0 aliphatic heterocycles. The first-order valence-electron chi connectivity index (χ1n) is 7.49. The van der Waals surface area contributed by atoms with Crippen LogP contribution in [0.25, 0.3) is 16.6 Å². The van der Waals surface area contributed by atoms with Crippen molar-refractivity contribution in [3.63, 3.8) is 0 Å². The zero-order valence-electron chi connectivity index (χ0n) is 13.3. The predicted molar refractivity (Wildman–Crippen MR) is 90.3 cm³/mol. The Morgan fingerprint density at radius 2 is 1.75 bits per heavy atom. The Morgan fingerprint density at radius 1 is 1.08 bits per heavy atom. The van der Waals surface area contributed by atoms with E-state index in [0.717, 1.165) is 10.1 Å². The highest BCUT2D eigenvalue weighted by Gasteiger charge is 2.11. The highest BCUT2D eigenvalue weighted by Crippen LogP contribution is 2.18. The zero-order chi connectivity index (χ0) is 17.3. The first kappa shape index (κ1) is 15.7. The summed E-state index contributed by atoms with van der Waals surface area (Å²) in [5.74, 6) is -0.367. The number of carbonyl (C=O) groups is 1. The average Bonchev–Trinajstić information content (AvgIpc) is 2.55. The van der Waals surface area contributed by atoms with Gasteiger partial charge in [0.15, 0.2) is 0 Å². The maximum Gasteiger partial charge on any atom is 0.333 e. The van der Waals surface area contributed by atoms with Crippen molar-refractivity contribution in [1.29, 1.82) is 0 Å². The molecule has 0 aliphatic rings. The number of hydrogen-bond donors (Lipinski definition) is 1. The third-order valence-corrected chi connectivity index (χ3v) is 3.77. The Labute approximate surface area is 137 Å². The smallest absolute Gasteiger partial charge is 0.333 e. The number of nitrogens with one attached hydrogen (secondary N) is 1. The van der Waals surface area contributed by atoms with Crippen molar-refractivity contribution in [2.24, 2.45) is 0 Å². The lowest BCUT2D eigenvalue weighted by atomic mass is 10.1. The highest BCUT2D eigenvalue weighted by atomic mass is 16.5. The second-order valence-corrected chi connectivity index (χ2v) is 5.46. The van der Waals surface area contributed by atoms with E-state index in [1.54, 1.807) is 55.5 Å². The number of aromatic nitrogens is 2. The van der Waals surface area contributed by atoms with E-state index in [1.807, 2.05) is 0 Å². The van der Waals surface area contributed by atoms with Gasteiger partial charge in [-0.05, 0) is 36.8 Å². The van der Waals surface area contributed by atoms with Gasteiger partial charge in [-0.15, -0.1) is 0 Å². The van der Waals surface area contributed by atoms with E-state index < -0.39 is 11.8 Å². The normalized spacial score (nSPS) is 12.1. The summed E-state index contributed by atoms with van der Waals surface area (Å²) in [4.78, 5) is 38.6. The summed E-state index contributed by atoms with van der Waals surface area (Å²) in [6, 6.07) is 13.6. The van der Waals surface area contributed by atoms with Crippen LogP contribution in [-0.2, 0) is 9.53 Å². The lowest BCUT2D eigenvalue weighted by Gasteiger charge is -2.13. The first-order chi connectivity index (χ1) is 11.5. The van der Waals surface area contributed by atoms with Crippen molar-refractivity contribution in [1.82, 2.24) is 9.55 Å². The Bertz CT molecular complexity index is 1020. The number of esters is 1. The molecule has 1 atom stereocenters. The predicted octanol–water partition coefficient (Wildman–Crippen LogP) is 2.30. The second kappa shape index (κ2) is 6.16. The zero-order valence-corrected chi connectivity index (χ0v) is 13.3. The lowest BCUT2D eigenvalue weighted by Crippen LogP contribution is -2.33. The van der Waals surface area contributed by atoms with Gasteiger partial charge in [-0.2, -0.15) is 0 Å². The third kappa shape index (κ3) is 2.86. The van der Waals surface area contributed by atoms with Gasteiger partial charge in [-0.3, -0.25) is 9.59 Å². The minimum Gasteiger partial charge on any atom is -0.458 e. The van der Waals surface area contributed by atoms with Crippen LogP contribution in [-0.4, -0.2) is 15.5 Å². The molecule has 24 heavy (non-hydrogen) atoms. The molecule has 2 aromatic carbocycles.